The van der Waals surface area contributed by atoms with Gasteiger partial charge in [-0.25, -0.2) is 0 Å². The van der Waals surface area contributed by atoms with Gasteiger partial charge in [0.15, 0.2) is 11.5 Å². The molecule has 0 aromatic heterocycles. The molecule has 0 saturated heterocycles. The number of methoxy groups -OCH3 is 3. The normalized spacial score (nSPS) is 12.3. The number of aliphatic hydroxyl groups is 1. The van der Waals surface area contributed by atoms with Gasteiger partial charge < -0.3 is 25.1 Å². The fourth-order valence-electron chi connectivity index (χ4n) is 1.71. The van der Waals surface area contributed by atoms with E-state index in [1.807, 2.05) is 12.1 Å². The molecule has 5 nitrogen and oxygen atoms in total. The Morgan fingerprint density at radius 1 is 1.18 bits per heavy atom. The number of aliphatic hydroxyl groups excluding tert-OH is 1. The molecule has 1 rings (SSSR count). The summed E-state index contributed by atoms with van der Waals surface area (Å²) in [4.78, 5) is 0. The number of benzene rings is 1. The zero-order chi connectivity index (χ0) is 12.8. The molecule has 0 aliphatic carbocycles. The summed E-state index contributed by atoms with van der Waals surface area (Å²) < 4.78 is 15.7. The van der Waals surface area contributed by atoms with Crippen molar-refractivity contribution in [2.24, 2.45) is 5.73 Å². The zero-order valence-electron chi connectivity index (χ0n) is 10.4. The molecular formula is C12H19NO4. The maximum absolute atomic E-state index is 9.10. The third kappa shape index (κ3) is 2.88. The van der Waals surface area contributed by atoms with E-state index in [-0.39, 0.29) is 6.61 Å². The molecule has 1 unspecified atom stereocenters. The highest BCUT2D eigenvalue weighted by molar-refractivity contribution is 5.53. The molecule has 1 aromatic rings. The van der Waals surface area contributed by atoms with Crippen molar-refractivity contribution in [2.75, 3.05) is 27.9 Å². The lowest BCUT2D eigenvalue weighted by Gasteiger charge is -2.18. The second-order valence-corrected chi connectivity index (χ2v) is 3.60. The van der Waals surface area contributed by atoms with Crippen LogP contribution in [0.3, 0.4) is 0 Å². The van der Waals surface area contributed by atoms with Gasteiger partial charge in [-0.3, -0.25) is 0 Å². The molecule has 96 valence electrons. The summed E-state index contributed by atoms with van der Waals surface area (Å²) in [6.07, 6.45) is 0. The van der Waals surface area contributed by atoms with Gasteiger partial charge in [0.2, 0.25) is 0 Å². The highest BCUT2D eigenvalue weighted by Gasteiger charge is 2.18. The van der Waals surface area contributed by atoms with Crippen LogP contribution in [0, 0.1) is 0 Å². The Hall–Kier alpha value is -1.30. The van der Waals surface area contributed by atoms with E-state index in [0.29, 0.717) is 23.7 Å². The van der Waals surface area contributed by atoms with E-state index in [0.717, 1.165) is 5.56 Å². The van der Waals surface area contributed by atoms with Crippen LogP contribution in [-0.2, 0) is 11.3 Å². The van der Waals surface area contributed by atoms with Gasteiger partial charge in [0, 0.05) is 18.2 Å². The Morgan fingerprint density at radius 3 is 2.29 bits per heavy atom. The Balaban J connectivity index is 3.26. The molecule has 0 bridgehead atoms. The number of ether oxygens (including phenoxy) is 3. The molecule has 0 fully saturated rings. The van der Waals surface area contributed by atoms with Gasteiger partial charge in [-0.15, -0.1) is 0 Å². The maximum atomic E-state index is 9.10. The van der Waals surface area contributed by atoms with E-state index >= 15 is 0 Å². The minimum Gasteiger partial charge on any atom is -0.492 e. The van der Waals surface area contributed by atoms with Crippen LogP contribution in [0.15, 0.2) is 12.1 Å². The molecule has 0 heterocycles. The monoisotopic (exact) mass is 241 g/mol. The minimum absolute atomic E-state index is 0.150. The van der Waals surface area contributed by atoms with Gasteiger partial charge >= 0.3 is 0 Å². The first-order valence-corrected chi connectivity index (χ1v) is 5.28. The number of hydrogen-bond acceptors (Lipinski definition) is 5. The summed E-state index contributed by atoms with van der Waals surface area (Å²) in [7, 11) is 4.71. The van der Waals surface area contributed by atoms with E-state index in [4.69, 9.17) is 25.1 Å². The minimum atomic E-state index is -0.490. The molecule has 1 aromatic carbocycles. The molecule has 17 heavy (non-hydrogen) atoms. The molecule has 5 heteroatoms. The molecule has 3 N–H and O–H groups in total. The Bertz CT molecular complexity index is 368. The summed E-state index contributed by atoms with van der Waals surface area (Å²) in [5, 5.41) is 9.10. The van der Waals surface area contributed by atoms with Crippen molar-refractivity contribution in [3.05, 3.63) is 23.3 Å². The van der Waals surface area contributed by atoms with E-state index in [1.165, 1.54) is 0 Å². The lowest BCUT2D eigenvalue weighted by molar-refractivity contribution is 0.180. The smallest absolute Gasteiger partial charge is 0.166 e. The van der Waals surface area contributed by atoms with Crippen molar-refractivity contribution in [3.8, 4) is 11.5 Å². The Morgan fingerprint density at radius 2 is 1.82 bits per heavy atom. The average molecular weight is 241 g/mol. The van der Waals surface area contributed by atoms with Gasteiger partial charge in [-0.2, -0.15) is 0 Å². The second kappa shape index (κ2) is 6.44. The van der Waals surface area contributed by atoms with Gasteiger partial charge in [-0.05, 0) is 0 Å². The van der Waals surface area contributed by atoms with Gasteiger partial charge in [0.05, 0.1) is 33.5 Å². The summed E-state index contributed by atoms with van der Waals surface area (Å²) in [6, 6.07) is 3.18. The van der Waals surface area contributed by atoms with Crippen LogP contribution in [0.1, 0.15) is 17.2 Å². The summed E-state index contributed by atoms with van der Waals surface area (Å²) in [5.74, 6) is 1.14. The Kier molecular flexibility index (Phi) is 5.21. The summed E-state index contributed by atoms with van der Waals surface area (Å²) >= 11 is 0. The Labute approximate surface area is 101 Å². The molecule has 0 saturated carbocycles. The summed E-state index contributed by atoms with van der Waals surface area (Å²) in [6.45, 7) is 0.275. The molecule has 0 amide bonds. The topological polar surface area (TPSA) is 73.9 Å². The number of hydrogen-bond donors (Lipinski definition) is 2. The SMILES string of the molecule is COCc1ccc(C(N)CO)c(OC)c1OC. The van der Waals surface area contributed by atoms with Gasteiger partial charge in [0.25, 0.3) is 0 Å². The predicted molar refractivity (Wildman–Crippen MR) is 64.3 cm³/mol. The van der Waals surface area contributed by atoms with Crippen LogP contribution >= 0.6 is 0 Å². The van der Waals surface area contributed by atoms with Crippen LogP contribution in [0.5, 0.6) is 11.5 Å². The van der Waals surface area contributed by atoms with Crippen molar-refractivity contribution in [1.29, 1.82) is 0 Å². The van der Waals surface area contributed by atoms with E-state index in [2.05, 4.69) is 0 Å². The number of nitrogens with two attached hydrogens (primary N) is 1. The summed E-state index contributed by atoms with van der Waals surface area (Å²) in [5.41, 5.74) is 7.39. The highest BCUT2D eigenvalue weighted by atomic mass is 16.5. The van der Waals surface area contributed by atoms with Crippen molar-refractivity contribution < 1.29 is 19.3 Å². The first-order chi connectivity index (χ1) is 8.19. The van der Waals surface area contributed by atoms with E-state index in [9.17, 15) is 0 Å². The first-order valence-electron chi connectivity index (χ1n) is 5.28. The van der Waals surface area contributed by atoms with E-state index in [1.54, 1.807) is 21.3 Å². The molecule has 0 aliphatic heterocycles. The van der Waals surface area contributed by atoms with Gasteiger partial charge in [0.1, 0.15) is 0 Å². The quantitative estimate of drug-likeness (QED) is 0.772. The largest absolute Gasteiger partial charge is 0.492 e. The molecule has 1 atom stereocenters. The predicted octanol–water partition coefficient (Wildman–Crippen LogP) is 0.842. The van der Waals surface area contributed by atoms with Gasteiger partial charge in [-0.1, -0.05) is 12.1 Å². The fraction of sp³-hybridized carbons (Fsp3) is 0.500. The second-order valence-electron chi connectivity index (χ2n) is 3.60. The van der Waals surface area contributed by atoms with Crippen molar-refractivity contribution in [3.63, 3.8) is 0 Å². The van der Waals surface area contributed by atoms with Crippen molar-refractivity contribution >= 4 is 0 Å². The maximum Gasteiger partial charge on any atom is 0.166 e. The standard InChI is InChI=1S/C12H19NO4/c1-15-7-8-4-5-9(10(13)6-14)12(17-3)11(8)16-2/h4-5,10,14H,6-7,13H2,1-3H3. The van der Waals surface area contributed by atoms with E-state index < -0.39 is 6.04 Å². The van der Waals surface area contributed by atoms with Crippen LogP contribution in [0.2, 0.25) is 0 Å². The number of rotatable bonds is 6. The lowest BCUT2D eigenvalue weighted by Crippen LogP contribution is -2.16. The van der Waals surface area contributed by atoms with Crippen LogP contribution in [0.25, 0.3) is 0 Å². The zero-order valence-corrected chi connectivity index (χ0v) is 10.4. The van der Waals surface area contributed by atoms with Crippen LogP contribution in [0.4, 0.5) is 0 Å². The van der Waals surface area contributed by atoms with Crippen LogP contribution < -0.4 is 15.2 Å². The highest BCUT2D eigenvalue weighted by Crippen LogP contribution is 2.37. The van der Waals surface area contributed by atoms with Crippen molar-refractivity contribution in [1.82, 2.24) is 0 Å². The third-order valence-electron chi connectivity index (χ3n) is 2.53. The first kappa shape index (κ1) is 13.8. The average Bonchev–Trinajstić information content (AvgIpc) is 2.37. The third-order valence-corrected chi connectivity index (χ3v) is 2.53. The van der Waals surface area contributed by atoms with Crippen molar-refractivity contribution in [2.45, 2.75) is 12.6 Å². The van der Waals surface area contributed by atoms with Crippen LogP contribution in [-0.4, -0.2) is 33.0 Å². The molecule has 0 spiro atoms. The fourth-order valence-corrected chi connectivity index (χ4v) is 1.71. The molecule has 0 radical (unpaired) electrons. The molecule has 0 aliphatic rings. The molecular weight excluding hydrogens is 222 g/mol. The lowest BCUT2D eigenvalue weighted by atomic mass is 10.0.